The van der Waals surface area contributed by atoms with E-state index < -0.39 is 18.4 Å². The van der Waals surface area contributed by atoms with Crippen molar-refractivity contribution >= 4 is 62.7 Å². The minimum atomic E-state index is -0.705. The number of fused-ring (bicyclic) bond motifs is 4. The summed E-state index contributed by atoms with van der Waals surface area (Å²) in [6, 6.07) is 27.9. The third-order valence-electron chi connectivity index (χ3n) is 7.81. The van der Waals surface area contributed by atoms with E-state index in [1.807, 2.05) is 37.3 Å². The lowest BCUT2D eigenvalue weighted by Gasteiger charge is -2.13. The van der Waals surface area contributed by atoms with E-state index in [9.17, 15) is 14.4 Å². The number of esters is 1. The maximum absolute atomic E-state index is 13.7. The van der Waals surface area contributed by atoms with Crippen LogP contribution in [0.15, 0.2) is 102 Å². The minimum Gasteiger partial charge on any atom is -0.494 e. The molecule has 1 N–H and O–H groups in total. The van der Waals surface area contributed by atoms with Gasteiger partial charge in [0.15, 0.2) is 12.4 Å². The molecule has 3 heterocycles. The van der Waals surface area contributed by atoms with Crippen LogP contribution < -0.4 is 15.6 Å². The van der Waals surface area contributed by atoms with E-state index in [1.54, 1.807) is 71.1 Å². The second-order valence-corrected chi connectivity index (χ2v) is 11.8. The van der Waals surface area contributed by atoms with Crippen molar-refractivity contribution in [3.63, 3.8) is 0 Å². The number of carbonyl (C=O) groups is 2. The molecule has 11 nitrogen and oxygen atoms in total. The van der Waals surface area contributed by atoms with E-state index in [0.717, 1.165) is 5.56 Å². The molecule has 244 valence electrons. The Hall–Kier alpha value is -5.78. The van der Waals surface area contributed by atoms with Gasteiger partial charge in [0.1, 0.15) is 12.3 Å². The summed E-state index contributed by atoms with van der Waals surface area (Å²) in [6.07, 6.45) is 0. The van der Waals surface area contributed by atoms with Gasteiger partial charge in [0.05, 0.1) is 40.0 Å². The molecule has 0 spiro atoms. The number of hydrogen-bond donors (Lipinski definition) is 1. The summed E-state index contributed by atoms with van der Waals surface area (Å²) in [6.45, 7) is 1.68. The van der Waals surface area contributed by atoms with Crippen molar-refractivity contribution < 1.29 is 19.1 Å². The predicted molar refractivity (Wildman–Crippen MR) is 187 cm³/mol. The second-order valence-electron chi connectivity index (χ2n) is 10.9. The van der Waals surface area contributed by atoms with E-state index in [2.05, 4.69) is 15.5 Å². The fraction of sp³-hybridized carbons (Fsp3) is 0.111. The van der Waals surface area contributed by atoms with Crippen LogP contribution in [0.5, 0.6) is 5.75 Å². The zero-order chi connectivity index (χ0) is 34.1. The monoisotopic (exact) mass is 692 g/mol. The van der Waals surface area contributed by atoms with Crippen molar-refractivity contribution in [2.45, 2.75) is 13.5 Å². The standard InChI is InChI=1S/C36H26Cl2N6O5/c1-2-48-25-14-12-24(13-15-25)43-35(47)27-16-11-23(38)17-31(27)44-32(41-42-36(43)44)20-49-33(45)19-39-34(46)28-18-30(21-7-9-22(37)10-8-21)40-29-6-4-3-5-26(28)29/h3-18H,2,19-20H2,1H3,(H,39,46). The molecule has 0 aliphatic rings. The molecule has 0 aliphatic carbocycles. The van der Waals surface area contributed by atoms with E-state index in [1.165, 1.54) is 4.57 Å². The molecule has 3 aromatic heterocycles. The van der Waals surface area contributed by atoms with Crippen LogP contribution in [0.25, 0.3) is 44.5 Å². The van der Waals surface area contributed by atoms with Gasteiger partial charge in [-0.25, -0.2) is 9.55 Å². The highest BCUT2D eigenvalue weighted by Gasteiger charge is 2.20. The molecule has 13 heteroatoms. The zero-order valence-electron chi connectivity index (χ0n) is 25.9. The van der Waals surface area contributed by atoms with Crippen molar-refractivity contribution in [3.8, 4) is 22.7 Å². The number of pyridine rings is 1. The first-order chi connectivity index (χ1) is 23.8. The van der Waals surface area contributed by atoms with Crippen LogP contribution in [-0.2, 0) is 16.1 Å². The van der Waals surface area contributed by atoms with Gasteiger partial charge < -0.3 is 14.8 Å². The number of benzene rings is 4. The van der Waals surface area contributed by atoms with Crippen LogP contribution >= 0.6 is 23.2 Å². The molecule has 0 atom stereocenters. The number of aromatic nitrogens is 5. The Balaban J connectivity index is 1.13. The summed E-state index contributed by atoms with van der Waals surface area (Å²) in [5, 5.41) is 13.1. The highest BCUT2D eigenvalue weighted by Crippen LogP contribution is 2.26. The lowest BCUT2D eigenvalue weighted by molar-refractivity contribution is -0.143. The Morgan fingerprint density at radius 1 is 0.857 bits per heavy atom. The average molecular weight is 694 g/mol. The van der Waals surface area contributed by atoms with Crippen LogP contribution in [0, 0.1) is 0 Å². The Morgan fingerprint density at radius 2 is 1.61 bits per heavy atom. The molecule has 0 bridgehead atoms. The fourth-order valence-corrected chi connectivity index (χ4v) is 5.83. The van der Waals surface area contributed by atoms with Crippen molar-refractivity contribution in [2.24, 2.45) is 0 Å². The molecular weight excluding hydrogens is 667 g/mol. The van der Waals surface area contributed by atoms with Gasteiger partial charge >= 0.3 is 5.97 Å². The maximum atomic E-state index is 13.7. The number of hydrogen-bond acceptors (Lipinski definition) is 8. The van der Waals surface area contributed by atoms with Crippen LogP contribution in [0.1, 0.15) is 23.1 Å². The van der Waals surface area contributed by atoms with E-state index in [0.29, 0.717) is 61.2 Å². The molecule has 0 aliphatic heterocycles. The number of rotatable bonds is 9. The fourth-order valence-electron chi connectivity index (χ4n) is 5.54. The Labute approximate surface area is 288 Å². The number of nitrogens with one attached hydrogen (secondary N) is 1. The third-order valence-corrected chi connectivity index (χ3v) is 8.30. The first-order valence-corrected chi connectivity index (χ1v) is 16.0. The van der Waals surface area contributed by atoms with Gasteiger partial charge in [-0.05, 0) is 73.7 Å². The molecular formula is C36H26Cl2N6O5. The highest BCUT2D eigenvalue weighted by molar-refractivity contribution is 6.31. The SMILES string of the molecule is CCOc1ccc(-n2c(=O)c3ccc(Cl)cc3n3c(COC(=O)CNC(=O)c4cc(-c5ccc(Cl)cc5)nc5ccccc45)nnc23)cc1. The molecule has 0 saturated heterocycles. The van der Waals surface area contributed by atoms with Gasteiger partial charge in [-0.3, -0.25) is 18.8 Å². The molecule has 0 radical (unpaired) electrons. The summed E-state index contributed by atoms with van der Waals surface area (Å²) in [4.78, 5) is 44.7. The lowest BCUT2D eigenvalue weighted by atomic mass is 10.0. The summed E-state index contributed by atoms with van der Waals surface area (Å²) in [7, 11) is 0. The van der Waals surface area contributed by atoms with Crippen molar-refractivity contribution in [1.82, 2.24) is 29.5 Å². The number of para-hydroxylation sites is 1. The number of nitrogens with zero attached hydrogens (tertiary/aromatic N) is 5. The van der Waals surface area contributed by atoms with Crippen LogP contribution in [0.2, 0.25) is 10.0 Å². The predicted octanol–water partition coefficient (Wildman–Crippen LogP) is 6.43. The average Bonchev–Trinajstić information content (AvgIpc) is 3.54. The lowest BCUT2D eigenvalue weighted by Crippen LogP contribution is -2.31. The van der Waals surface area contributed by atoms with E-state index >= 15 is 0 Å². The zero-order valence-corrected chi connectivity index (χ0v) is 27.4. The second kappa shape index (κ2) is 13.4. The Bertz CT molecular complexity index is 2440. The largest absolute Gasteiger partial charge is 0.494 e. The highest BCUT2D eigenvalue weighted by atomic mass is 35.5. The third kappa shape index (κ3) is 6.29. The summed E-state index contributed by atoms with van der Waals surface area (Å²) in [5.41, 5.74) is 2.99. The summed E-state index contributed by atoms with van der Waals surface area (Å²) in [5.74, 6) is -0.0795. The summed E-state index contributed by atoms with van der Waals surface area (Å²) >= 11 is 12.4. The number of halogens is 2. The first kappa shape index (κ1) is 31.8. The van der Waals surface area contributed by atoms with Gasteiger partial charge in [-0.2, -0.15) is 0 Å². The molecule has 4 aromatic carbocycles. The molecule has 7 aromatic rings. The van der Waals surface area contributed by atoms with Gasteiger partial charge in [0.2, 0.25) is 5.78 Å². The smallest absolute Gasteiger partial charge is 0.325 e. The quantitative estimate of drug-likeness (QED) is 0.171. The summed E-state index contributed by atoms with van der Waals surface area (Å²) < 4.78 is 14.1. The van der Waals surface area contributed by atoms with Crippen LogP contribution in [0.4, 0.5) is 0 Å². The Kier molecular flexibility index (Phi) is 8.68. The van der Waals surface area contributed by atoms with Crippen molar-refractivity contribution in [1.29, 1.82) is 0 Å². The van der Waals surface area contributed by atoms with E-state index in [-0.39, 0.29) is 23.8 Å². The topological polar surface area (TPSA) is 130 Å². The molecule has 1 amide bonds. The molecule has 0 fully saturated rings. The molecule has 0 saturated carbocycles. The van der Waals surface area contributed by atoms with Gasteiger partial charge in [-0.15, -0.1) is 10.2 Å². The van der Waals surface area contributed by atoms with Crippen LogP contribution in [0.3, 0.4) is 0 Å². The van der Waals surface area contributed by atoms with E-state index in [4.69, 9.17) is 37.7 Å². The Morgan fingerprint density at radius 3 is 2.39 bits per heavy atom. The molecule has 0 unspecified atom stereocenters. The van der Waals surface area contributed by atoms with Gasteiger partial charge in [-0.1, -0.05) is 53.5 Å². The molecule has 7 rings (SSSR count). The van der Waals surface area contributed by atoms with Crippen molar-refractivity contribution in [2.75, 3.05) is 13.2 Å². The van der Waals surface area contributed by atoms with Gasteiger partial charge in [0, 0.05) is 21.0 Å². The number of amides is 1. The van der Waals surface area contributed by atoms with Crippen LogP contribution in [-0.4, -0.2) is 49.2 Å². The maximum Gasteiger partial charge on any atom is 0.325 e. The minimum absolute atomic E-state index is 0.198. The first-order valence-electron chi connectivity index (χ1n) is 15.2. The number of carbonyl (C=O) groups excluding carboxylic acids is 2. The molecule has 49 heavy (non-hydrogen) atoms. The van der Waals surface area contributed by atoms with Gasteiger partial charge in [0.25, 0.3) is 11.5 Å². The van der Waals surface area contributed by atoms with Crippen molar-refractivity contribution in [3.05, 3.63) is 129 Å². The number of ether oxygens (including phenoxy) is 2. The normalized spacial score (nSPS) is 11.2.